The Morgan fingerprint density at radius 1 is 1.20 bits per heavy atom. The molecule has 128 valence electrons. The minimum atomic E-state index is -0.526. The van der Waals surface area contributed by atoms with Gasteiger partial charge in [0.05, 0.1) is 12.0 Å². The van der Waals surface area contributed by atoms with Gasteiger partial charge in [-0.25, -0.2) is 9.55 Å². The van der Waals surface area contributed by atoms with Crippen molar-refractivity contribution in [1.82, 2.24) is 19.7 Å². The van der Waals surface area contributed by atoms with Crippen molar-refractivity contribution in [3.8, 4) is 10.8 Å². The molecule has 0 saturated carbocycles. The molecule has 0 saturated heterocycles. The van der Waals surface area contributed by atoms with Crippen LogP contribution in [0.3, 0.4) is 0 Å². The summed E-state index contributed by atoms with van der Waals surface area (Å²) in [6.45, 7) is 0. The van der Waals surface area contributed by atoms with Crippen LogP contribution in [0.15, 0.2) is 34.8 Å². The number of aromatic nitrogens is 4. The number of benzene rings is 1. The maximum absolute atomic E-state index is 11.0. The average molecular weight is 378 g/mol. The molecular weight excluding hydrogens is 368 g/mol. The predicted molar refractivity (Wildman–Crippen MR) is 91.4 cm³/mol. The Morgan fingerprint density at radius 3 is 2.64 bits per heavy atom. The standard InChI is InChI=1S/C13H10N6O4S2/c1-17-10(19(22)23)6-14-11(17)12-15-16-13(25-12)24-7-8-4-2-3-5-9(8)18(20)21/h2-6H,7H2,1H3. The van der Waals surface area contributed by atoms with Gasteiger partial charge in [0, 0.05) is 17.4 Å². The van der Waals surface area contributed by atoms with E-state index in [1.54, 1.807) is 18.2 Å². The molecule has 1 aromatic carbocycles. The molecule has 0 aliphatic rings. The van der Waals surface area contributed by atoms with E-state index in [1.807, 2.05) is 0 Å². The van der Waals surface area contributed by atoms with Gasteiger partial charge in [-0.15, -0.1) is 10.2 Å². The normalized spacial score (nSPS) is 10.8. The Balaban J connectivity index is 1.77. The van der Waals surface area contributed by atoms with E-state index in [2.05, 4.69) is 15.2 Å². The van der Waals surface area contributed by atoms with E-state index in [0.29, 0.717) is 26.5 Å². The Bertz CT molecular complexity index is 954. The van der Waals surface area contributed by atoms with Crippen LogP contribution < -0.4 is 0 Å². The predicted octanol–water partition coefficient (Wildman–Crippen LogP) is 3.05. The number of hydrogen-bond acceptors (Lipinski definition) is 9. The minimum absolute atomic E-state index is 0.0551. The molecule has 0 amide bonds. The Kier molecular flexibility index (Phi) is 4.72. The molecular formula is C13H10N6O4S2. The lowest BCUT2D eigenvalue weighted by atomic mass is 10.2. The molecule has 0 unspecified atom stereocenters. The smallest absolute Gasteiger partial charge is 0.342 e. The SMILES string of the molecule is Cn1c([N+](=O)[O-])cnc1-c1nnc(SCc2ccccc2[N+](=O)[O-])s1. The van der Waals surface area contributed by atoms with Gasteiger partial charge < -0.3 is 10.1 Å². The fraction of sp³-hybridized carbons (Fsp3) is 0.154. The molecule has 0 aliphatic heterocycles. The molecule has 2 heterocycles. The zero-order valence-corrected chi connectivity index (χ0v) is 14.4. The number of para-hydroxylation sites is 1. The van der Waals surface area contributed by atoms with Gasteiger partial charge in [0.2, 0.25) is 5.01 Å². The van der Waals surface area contributed by atoms with Gasteiger partial charge in [0.1, 0.15) is 6.20 Å². The molecule has 2 aromatic heterocycles. The second-order valence-corrected chi connectivity index (χ2v) is 7.00. The molecule has 3 aromatic rings. The van der Waals surface area contributed by atoms with Crippen molar-refractivity contribution in [3.05, 3.63) is 56.3 Å². The number of rotatable bonds is 6. The van der Waals surface area contributed by atoms with Gasteiger partial charge in [0.15, 0.2) is 4.34 Å². The highest BCUT2D eigenvalue weighted by atomic mass is 32.2. The van der Waals surface area contributed by atoms with Gasteiger partial charge in [-0.1, -0.05) is 41.3 Å². The average Bonchev–Trinajstić information content (AvgIpc) is 3.19. The number of nitro groups is 2. The lowest BCUT2D eigenvalue weighted by Gasteiger charge is -2.00. The van der Waals surface area contributed by atoms with E-state index in [0.717, 1.165) is 6.20 Å². The topological polar surface area (TPSA) is 130 Å². The molecule has 12 heteroatoms. The molecule has 0 aliphatic carbocycles. The van der Waals surface area contributed by atoms with Gasteiger partial charge in [0.25, 0.3) is 11.5 Å². The fourth-order valence-electron chi connectivity index (χ4n) is 2.08. The van der Waals surface area contributed by atoms with Crippen LogP contribution in [-0.2, 0) is 12.8 Å². The first-order valence-corrected chi connectivity index (χ1v) is 8.62. The lowest BCUT2D eigenvalue weighted by Crippen LogP contribution is -1.98. The third-order valence-electron chi connectivity index (χ3n) is 3.29. The van der Waals surface area contributed by atoms with E-state index in [-0.39, 0.29) is 11.5 Å². The number of thioether (sulfide) groups is 1. The molecule has 3 rings (SSSR count). The largest absolute Gasteiger partial charge is 0.358 e. The second kappa shape index (κ2) is 6.94. The number of nitrogens with zero attached hydrogens (tertiary/aromatic N) is 6. The van der Waals surface area contributed by atoms with Crippen LogP contribution >= 0.6 is 23.1 Å². The first-order chi connectivity index (χ1) is 12.0. The Morgan fingerprint density at radius 2 is 1.96 bits per heavy atom. The summed E-state index contributed by atoms with van der Waals surface area (Å²) in [6.07, 6.45) is 1.16. The maximum atomic E-state index is 11.0. The van der Waals surface area contributed by atoms with Crippen LogP contribution in [0.5, 0.6) is 0 Å². The van der Waals surface area contributed by atoms with Crippen LogP contribution in [0, 0.1) is 20.2 Å². The Labute approximate surface area is 148 Å². The third kappa shape index (κ3) is 3.49. The van der Waals surface area contributed by atoms with Crippen LogP contribution in [0.25, 0.3) is 10.8 Å². The monoisotopic (exact) mass is 378 g/mol. The molecule has 0 radical (unpaired) electrons. The molecule has 25 heavy (non-hydrogen) atoms. The molecule has 10 nitrogen and oxygen atoms in total. The maximum Gasteiger partial charge on any atom is 0.342 e. The highest BCUT2D eigenvalue weighted by Crippen LogP contribution is 2.33. The van der Waals surface area contributed by atoms with Crippen LogP contribution in [0.4, 0.5) is 11.5 Å². The van der Waals surface area contributed by atoms with Crippen LogP contribution in [0.1, 0.15) is 5.56 Å². The first-order valence-electron chi connectivity index (χ1n) is 6.82. The molecule has 0 atom stereocenters. The molecule has 0 bridgehead atoms. The van der Waals surface area contributed by atoms with E-state index in [1.165, 1.54) is 40.8 Å². The highest BCUT2D eigenvalue weighted by molar-refractivity contribution is 8.00. The van der Waals surface area contributed by atoms with Gasteiger partial charge in [-0.2, -0.15) is 0 Å². The zero-order chi connectivity index (χ0) is 18.0. The van der Waals surface area contributed by atoms with Crippen LogP contribution in [-0.4, -0.2) is 29.6 Å². The summed E-state index contributed by atoms with van der Waals surface area (Å²) in [6, 6.07) is 6.49. The summed E-state index contributed by atoms with van der Waals surface area (Å²) in [5.74, 6) is 0.577. The molecule has 0 N–H and O–H groups in total. The summed E-state index contributed by atoms with van der Waals surface area (Å²) < 4.78 is 1.93. The van der Waals surface area contributed by atoms with Gasteiger partial charge in [-0.3, -0.25) is 10.1 Å². The van der Waals surface area contributed by atoms with Gasteiger partial charge in [-0.05, 0) is 4.92 Å². The summed E-state index contributed by atoms with van der Waals surface area (Å²) in [7, 11) is 1.53. The van der Waals surface area contributed by atoms with Crippen molar-refractivity contribution in [3.63, 3.8) is 0 Å². The van der Waals surface area contributed by atoms with Crippen molar-refractivity contribution >= 4 is 34.6 Å². The van der Waals surface area contributed by atoms with Gasteiger partial charge >= 0.3 is 5.82 Å². The van der Waals surface area contributed by atoms with E-state index in [4.69, 9.17) is 0 Å². The first kappa shape index (κ1) is 17.0. The highest BCUT2D eigenvalue weighted by Gasteiger charge is 2.22. The van der Waals surface area contributed by atoms with Crippen molar-refractivity contribution in [2.75, 3.05) is 0 Å². The lowest BCUT2D eigenvalue weighted by molar-refractivity contribution is -0.391. The van der Waals surface area contributed by atoms with E-state index >= 15 is 0 Å². The molecule has 0 spiro atoms. The summed E-state index contributed by atoms with van der Waals surface area (Å²) >= 11 is 2.53. The third-order valence-corrected chi connectivity index (χ3v) is 5.39. The van der Waals surface area contributed by atoms with Crippen molar-refractivity contribution in [1.29, 1.82) is 0 Å². The number of imidazole rings is 1. The summed E-state index contributed by atoms with van der Waals surface area (Å²) in [4.78, 5) is 25.0. The van der Waals surface area contributed by atoms with E-state index < -0.39 is 9.85 Å². The zero-order valence-electron chi connectivity index (χ0n) is 12.7. The minimum Gasteiger partial charge on any atom is -0.358 e. The van der Waals surface area contributed by atoms with E-state index in [9.17, 15) is 20.2 Å². The van der Waals surface area contributed by atoms with Crippen LogP contribution in [0.2, 0.25) is 0 Å². The quantitative estimate of drug-likeness (QED) is 0.363. The molecule has 0 fully saturated rings. The summed E-state index contributed by atoms with van der Waals surface area (Å²) in [5.41, 5.74) is 0.640. The second-order valence-electron chi connectivity index (χ2n) is 4.80. The number of nitro benzene ring substituents is 1. The number of hydrogen-bond donors (Lipinski definition) is 0. The Hall–Kier alpha value is -2.86. The van der Waals surface area contributed by atoms with Crippen molar-refractivity contribution in [2.45, 2.75) is 10.1 Å². The van der Waals surface area contributed by atoms with Crippen molar-refractivity contribution < 1.29 is 9.85 Å². The van der Waals surface area contributed by atoms with Crippen molar-refractivity contribution in [2.24, 2.45) is 7.05 Å². The fourth-order valence-corrected chi connectivity index (χ4v) is 3.96. The summed E-state index contributed by atoms with van der Waals surface area (Å²) in [5, 5.41) is 30.4.